The SMILES string of the molecule is CCC(C)C(N/C(=N\c1ccc2c(c1)-c1ccccc1C2(C)C)c1ccccc1)C1=CCC(c2cccc3c2Oc2ccccc2C32C3C=CC=CC3C3C=CC=CC32)C=C1. The van der Waals surface area contributed by atoms with E-state index in [-0.39, 0.29) is 22.8 Å². The lowest BCUT2D eigenvalue weighted by molar-refractivity contribution is 0.308. The van der Waals surface area contributed by atoms with Crippen LogP contribution in [0.3, 0.4) is 0 Å². The molecular formula is C58H54N2O. The summed E-state index contributed by atoms with van der Waals surface area (Å²) >= 11 is 0. The molecule has 1 spiro atoms. The fourth-order valence-electron chi connectivity index (χ4n) is 12.0. The molecule has 6 aliphatic rings. The molecule has 1 saturated carbocycles. The lowest BCUT2D eigenvalue weighted by atomic mass is 9.59. The molecule has 5 aromatic rings. The standard InChI is InChI=1S/C58H54N2O/c1-5-37(2)54(60-56(40-18-7-6-8-19-40)59-41-34-35-48-46(36-41)45-22-9-12-24-47(45)57(48,3)4)39-32-30-38(31-33-39)42-23-17-28-52-55(42)61-53-29-16-15-27-51(53)58(52)49-25-13-10-20-43(49)44-21-11-14-26-50(44)58/h6-30,32-38,43-44,49-50,54H,5,31H2,1-4H3,(H,59,60). The lowest BCUT2D eigenvalue weighted by Crippen LogP contribution is -2.41. The first-order valence-corrected chi connectivity index (χ1v) is 22.5. The van der Waals surface area contributed by atoms with Gasteiger partial charge in [0.25, 0.3) is 0 Å². The number of fused-ring (bicyclic) bond motifs is 12. The van der Waals surface area contributed by atoms with E-state index in [9.17, 15) is 0 Å². The maximum atomic E-state index is 7.09. The monoisotopic (exact) mass is 794 g/mol. The summed E-state index contributed by atoms with van der Waals surface area (Å²) < 4.78 is 7.09. The molecule has 0 aromatic heterocycles. The minimum atomic E-state index is -0.228. The normalized spacial score (nSPS) is 26.6. The van der Waals surface area contributed by atoms with Crippen LogP contribution in [0.1, 0.15) is 79.8 Å². The van der Waals surface area contributed by atoms with Crippen LogP contribution in [0.25, 0.3) is 11.1 Å². The summed E-state index contributed by atoms with van der Waals surface area (Å²) in [7, 11) is 0. The molecule has 1 heterocycles. The quantitative estimate of drug-likeness (QED) is 0.131. The average Bonchev–Trinajstić information content (AvgIpc) is 3.73. The van der Waals surface area contributed by atoms with Gasteiger partial charge in [-0.25, -0.2) is 4.99 Å². The third-order valence-corrected chi connectivity index (χ3v) is 15.1. The zero-order valence-corrected chi connectivity index (χ0v) is 35.6. The summed E-state index contributed by atoms with van der Waals surface area (Å²) in [5.41, 5.74) is 12.3. The number of benzene rings is 5. The Balaban J connectivity index is 0.939. The molecule has 1 fully saturated rings. The second kappa shape index (κ2) is 14.8. The molecule has 1 N–H and O–H groups in total. The van der Waals surface area contributed by atoms with Crippen LogP contribution in [0.5, 0.6) is 11.5 Å². The summed E-state index contributed by atoms with van der Waals surface area (Å²) in [6, 6.07) is 42.1. The van der Waals surface area contributed by atoms with Gasteiger partial charge in [-0.2, -0.15) is 0 Å². The van der Waals surface area contributed by atoms with E-state index in [2.05, 4.69) is 215 Å². The van der Waals surface area contributed by atoms with Crippen molar-refractivity contribution < 1.29 is 4.74 Å². The summed E-state index contributed by atoms with van der Waals surface area (Å²) in [6.45, 7) is 9.31. The van der Waals surface area contributed by atoms with Gasteiger partial charge in [0.05, 0.1) is 11.7 Å². The molecule has 5 aliphatic carbocycles. The van der Waals surface area contributed by atoms with Crippen molar-refractivity contribution in [3.05, 3.63) is 221 Å². The predicted octanol–water partition coefficient (Wildman–Crippen LogP) is 13.9. The number of hydrogen-bond acceptors (Lipinski definition) is 2. The highest BCUT2D eigenvalue weighted by molar-refractivity contribution is 6.01. The van der Waals surface area contributed by atoms with Crippen molar-refractivity contribution in [2.75, 3.05) is 0 Å². The summed E-state index contributed by atoms with van der Waals surface area (Å²) in [6.07, 6.45) is 28.2. The molecular weight excluding hydrogens is 741 g/mol. The first-order chi connectivity index (χ1) is 29.9. The van der Waals surface area contributed by atoms with Crippen molar-refractivity contribution in [3.8, 4) is 22.6 Å². The second-order valence-electron chi connectivity index (χ2n) is 18.6. The van der Waals surface area contributed by atoms with E-state index in [4.69, 9.17) is 9.73 Å². The first kappa shape index (κ1) is 37.8. The number of aliphatic imine (C=N–C) groups is 1. The number of nitrogens with zero attached hydrogens (tertiary/aromatic N) is 1. The Kier molecular flexibility index (Phi) is 9.15. The minimum Gasteiger partial charge on any atom is -0.456 e. The Labute approximate surface area is 361 Å². The third kappa shape index (κ3) is 5.87. The number of nitrogens with one attached hydrogen (secondary N) is 1. The van der Waals surface area contributed by atoms with Crippen LogP contribution in [0.15, 0.2) is 193 Å². The van der Waals surface area contributed by atoms with Gasteiger partial charge in [0.1, 0.15) is 17.3 Å². The van der Waals surface area contributed by atoms with Gasteiger partial charge in [-0.1, -0.05) is 198 Å². The highest BCUT2D eigenvalue weighted by atomic mass is 16.5. The van der Waals surface area contributed by atoms with Crippen molar-refractivity contribution in [2.24, 2.45) is 34.6 Å². The van der Waals surface area contributed by atoms with Gasteiger partial charge in [-0.3, -0.25) is 0 Å². The number of allylic oxidation sites excluding steroid dienone is 10. The molecule has 61 heavy (non-hydrogen) atoms. The van der Waals surface area contributed by atoms with E-state index < -0.39 is 0 Å². The third-order valence-electron chi connectivity index (χ3n) is 15.1. The Morgan fingerprint density at radius 1 is 0.705 bits per heavy atom. The Bertz CT molecular complexity index is 2720. The van der Waals surface area contributed by atoms with Gasteiger partial charge in [0, 0.05) is 39.0 Å². The van der Waals surface area contributed by atoms with Crippen LogP contribution in [-0.2, 0) is 10.8 Å². The van der Waals surface area contributed by atoms with Crippen LogP contribution in [0, 0.1) is 29.6 Å². The van der Waals surface area contributed by atoms with Crippen LogP contribution in [0.2, 0.25) is 0 Å². The fraction of sp³-hybridized carbons (Fsp3) is 0.259. The van der Waals surface area contributed by atoms with Crippen LogP contribution in [-0.4, -0.2) is 11.9 Å². The number of ether oxygens (including phenoxy) is 1. The van der Waals surface area contributed by atoms with Gasteiger partial charge < -0.3 is 10.1 Å². The molecule has 302 valence electrons. The summed E-state index contributed by atoms with van der Waals surface area (Å²) in [4.78, 5) is 5.42. The molecule has 11 rings (SSSR count). The smallest absolute Gasteiger partial charge is 0.135 e. The Morgan fingerprint density at radius 3 is 2.11 bits per heavy atom. The topological polar surface area (TPSA) is 33.6 Å². The number of para-hydroxylation sites is 2. The lowest BCUT2D eigenvalue weighted by Gasteiger charge is -2.46. The molecule has 3 heteroatoms. The van der Waals surface area contributed by atoms with Crippen molar-refractivity contribution in [2.45, 2.75) is 63.3 Å². The van der Waals surface area contributed by atoms with Crippen molar-refractivity contribution in [1.29, 1.82) is 0 Å². The van der Waals surface area contributed by atoms with E-state index >= 15 is 0 Å². The van der Waals surface area contributed by atoms with E-state index in [1.807, 2.05) is 0 Å². The van der Waals surface area contributed by atoms with Gasteiger partial charge >= 0.3 is 0 Å². The number of hydrogen-bond donors (Lipinski definition) is 1. The van der Waals surface area contributed by atoms with E-state index in [1.54, 1.807) is 0 Å². The minimum absolute atomic E-state index is 0.0393. The maximum absolute atomic E-state index is 7.09. The molecule has 0 bridgehead atoms. The fourth-order valence-corrected chi connectivity index (χ4v) is 12.0. The van der Waals surface area contributed by atoms with Gasteiger partial charge in [0.15, 0.2) is 0 Å². The average molecular weight is 795 g/mol. The molecule has 7 atom stereocenters. The van der Waals surface area contributed by atoms with Crippen molar-refractivity contribution >= 4 is 11.5 Å². The zero-order valence-electron chi connectivity index (χ0n) is 35.6. The molecule has 0 saturated heterocycles. The summed E-state index contributed by atoms with van der Waals surface area (Å²) in [5.74, 6) is 5.02. The van der Waals surface area contributed by atoms with Gasteiger partial charge in [-0.05, 0) is 82.0 Å². The second-order valence-corrected chi connectivity index (χ2v) is 18.6. The Hall–Kier alpha value is -6.19. The van der Waals surface area contributed by atoms with E-state index in [1.165, 1.54) is 44.5 Å². The molecule has 5 aromatic carbocycles. The number of rotatable bonds is 7. The van der Waals surface area contributed by atoms with Crippen molar-refractivity contribution in [1.82, 2.24) is 5.32 Å². The summed E-state index contributed by atoms with van der Waals surface area (Å²) in [5, 5.41) is 4.03. The van der Waals surface area contributed by atoms with E-state index in [0.717, 1.165) is 41.4 Å². The predicted molar refractivity (Wildman–Crippen MR) is 252 cm³/mol. The van der Waals surface area contributed by atoms with Crippen LogP contribution < -0.4 is 10.1 Å². The van der Waals surface area contributed by atoms with E-state index in [0.29, 0.717) is 29.6 Å². The molecule has 3 nitrogen and oxygen atoms in total. The zero-order chi connectivity index (χ0) is 41.3. The Morgan fingerprint density at radius 2 is 1.38 bits per heavy atom. The first-order valence-electron chi connectivity index (χ1n) is 22.5. The molecule has 0 amide bonds. The molecule has 0 radical (unpaired) electrons. The van der Waals surface area contributed by atoms with Gasteiger partial charge in [0.2, 0.25) is 0 Å². The largest absolute Gasteiger partial charge is 0.456 e. The highest BCUT2D eigenvalue weighted by Crippen LogP contribution is 2.67. The van der Waals surface area contributed by atoms with Crippen LogP contribution in [0.4, 0.5) is 5.69 Å². The highest BCUT2D eigenvalue weighted by Gasteiger charge is 2.62. The molecule has 1 aliphatic heterocycles. The van der Waals surface area contributed by atoms with Crippen molar-refractivity contribution in [3.63, 3.8) is 0 Å². The van der Waals surface area contributed by atoms with Crippen LogP contribution >= 0.6 is 0 Å². The maximum Gasteiger partial charge on any atom is 0.135 e. The molecule has 7 unspecified atom stereocenters. The number of amidine groups is 1. The van der Waals surface area contributed by atoms with Gasteiger partial charge in [-0.15, -0.1) is 0 Å².